The number of rotatable bonds is 4. The van der Waals surface area contributed by atoms with Crippen LogP contribution in [0.15, 0.2) is 18.2 Å². The van der Waals surface area contributed by atoms with Crippen LogP contribution in [0.25, 0.3) is 0 Å². The van der Waals surface area contributed by atoms with Crippen molar-refractivity contribution in [2.24, 2.45) is 5.92 Å². The van der Waals surface area contributed by atoms with E-state index in [0.717, 1.165) is 50.6 Å². The first-order valence-electron chi connectivity index (χ1n) is 9.01. The lowest BCUT2D eigenvalue weighted by Gasteiger charge is -2.40. The Morgan fingerprint density at radius 2 is 1.88 bits per heavy atom. The standard InChI is InChI=1S/C18H28ClN3O2S/c1-15-5-6-17(19)12-18(15)21-10-8-20(9-11-21)13-16-4-3-7-22(14-16)25(2,23)24/h5-6,12,16H,3-4,7-11,13-14H2,1-2H3. The molecule has 1 unspecified atom stereocenters. The van der Waals surface area contributed by atoms with Gasteiger partial charge in [0.1, 0.15) is 0 Å². The van der Waals surface area contributed by atoms with Gasteiger partial charge in [0.05, 0.1) is 6.26 Å². The zero-order valence-electron chi connectivity index (χ0n) is 15.1. The van der Waals surface area contributed by atoms with Crippen molar-refractivity contribution in [1.29, 1.82) is 0 Å². The second-order valence-electron chi connectivity index (χ2n) is 7.35. The maximum absolute atomic E-state index is 11.8. The monoisotopic (exact) mass is 385 g/mol. The number of piperidine rings is 1. The molecule has 1 aromatic rings. The van der Waals surface area contributed by atoms with E-state index in [4.69, 9.17) is 11.6 Å². The Kier molecular flexibility index (Phi) is 5.93. The largest absolute Gasteiger partial charge is 0.369 e. The lowest BCUT2D eigenvalue weighted by atomic mass is 9.98. The van der Waals surface area contributed by atoms with Gasteiger partial charge < -0.3 is 4.90 Å². The molecule has 5 nitrogen and oxygen atoms in total. The van der Waals surface area contributed by atoms with Crippen LogP contribution in [0.1, 0.15) is 18.4 Å². The maximum atomic E-state index is 11.8. The van der Waals surface area contributed by atoms with Gasteiger partial charge in [-0.05, 0) is 43.4 Å². The number of halogens is 1. The molecule has 0 radical (unpaired) electrons. The van der Waals surface area contributed by atoms with Crippen LogP contribution < -0.4 is 4.90 Å². The summed E-state index contributed by atoms with van der Waals surface area (Å²) < 4.78 is 25.2. The third-order valence-electron chi connectivity index (χ3n) is 5.35. The van der Waals surface area contributed by atoms with Gasteiger partial charge in [-0.15, -0.1) is 0 Å². The maximum Gasteiger partial charge on any atom is 0.211 e. The summed E-state index contributed by atoms with van der Waals surface area (Å²) in [5.41, 5.74) is 2.49. The Balaban J connectivity index is 1.53. The molecule has 0 N–H and O–H groups in total. The molecule has 25 heavy (non-hydrogen) atoms. The van der Waals surface area contributed by atoms with Crippen molar-refractivity contribution in [2.75, 3.05) is 57.0 Å². The highest BCUT2D eigenvalue weighted by Crippen LogP contribution is 2.26. The number of nitrogens with zero attached hydrogens (tertiary/aromatic N) is 3. The first-order chi connectivity index (χ1) is 11.8. The van der Waals surface area contributed by atoms with Crippen molar-refractivity contribution >= 4 is 27.3 Å². The molecule has 140 valence electrons. The molecule has 2 fully saturated rings. The van der Waals surface area contributed by atoms with Crippen LogP contribution in [-0.2, 0) is 10.0 Å². The van der Waals surface area contributed by atoms with Crippen molar-refractivity contribution in [3.05, 3.63) is 28.8 Å². The van der Waals surface area contributed by atoms with Crippen molar-refractivity contribution in [2.45, 2.75) is 19.8 Å². The van der Waals surface area contributed by atoms with Crippen LogP contribution in [0.5, 0.6) is 0 Å². The Morgan fingerprint density at radius 3 is 2.56 bits per heavy atom. The van der Waals surface area contributed by atoms with Crippen molar-refractivity contribution in [3.63, 3.8) is 0 Å². The molecule has 7 heteroatoms. The molecule has 0 spiro atoms. The quantitative estimate of drug-likeness (QED) is 0.798. The molecule has 2 saturated heterocycles. The molecule has 2 heterocycles. The van der Waals surface area contributed by atoms with E-state index in [0.29, 0.717) is 19.0 Å². The fraction of sp³-hybridized carbons (Fsp3) is 0.667. The SMILES string of the molecule is Cc1ccc(Cl)cc1N1CCN(CC2CCCN(S(C)(=O)=O)C2)CC1. The number of hydrogen-bond acceptors (Lipinski definition) is 4. The Bertz CT molecular complexity index is 702. The number of benzene rings is 1. The molecular formula is C18H28ClN3O2S. The summed E-state index contributed by atoms with van der Waals surface area (Å²) in [7, 11) is -3.06. The Hall–Kier alpha value is -0.820. The van der Waals surface area contributed by atoms with Crippen LogP contribution >= 0.6 is 11.6 Å². The van der Waals surface area contributed by atoms with Gasteiger partial charge in [0, 0.05) is 56.5 Å². The van der Waals surface area contributed by atoms with E-state index < -0.39 is 10.0 Å². The van der Waals surface area contributed by atoms with Gasteiger partial charge >= 0.3 is 0 Å². The second-order valence-corrected chi connectivity index (χ2v) is 9.77. The topological polar surface area (TPSA) is 43.9 Å². The number of piperazine rings is 1. The number of aryl methyl sites for hydroxylation is 1. The van der Waals surface area contributed by atoms with Gasteiger partial charge in [0.2, 0.25) is 10.0 Å². The molecule has 2 aliphatic rings. The van der Waals surface area contributed by atoms with Crippen LogP contribution in [-0.4, -0.2) is 69.7 Å². The predicted octanol–water partition coefficient (Wildman–Crippen LogP) is 2.44. The average Bonchev–Trinajstić information content (AvgIpc) is 2.57. The number of sulfonamides is 1. The van der Waals surface area contributed by atoms with Crippen molar-refractivity contribution in [1.82, 2.24) is 9.21 Å². The molecule has 0 bridgehead atoms. The van der Waals surface area contributed by atoms with Gasteiger partial charge in [-0.2, -0.15) is 0 Å². The highest BCUT2D eigenvalue weighted by Gasteiger charge is 2.28. The minimum absolute atomic E-state index is 0.447. The third-order valence-corrected chi connectivity index (χ3v) is 6.86. The summed E-state index contributed by atoms with van der Waals surface area (Å²) in [6.45, 7) is 8.48. The van der Waals surface area contributed by atoms with Crippen LogP contribution in [0.2, 0.25) is 5.02 Å². The van der Waals surface area contributed by atoms with Gasteiger partial charge in [-0.3, -0.25) is 4.90 Å². The molecule has 3 rings (SSSR count). The fourth-order valence-electron chi connectivity index (χ4n) is 3.94. The first-order valence-corrected chi connectivity index (χ1v) is 11.2. The summed E-state index contributed by atoms with van der Waals surface area (Å²) >= 11 is 6.15. The molecule has 1 atom stereocenters. The highest BCUT2D eigenvalue weighted by atomic mass is 35.5. The lowest BCUT2D eigenvalue weighted by Crippen LogP contribution is -2.50. The molecule has 0 aromatic heterocycles. The molecular weight excluding hydrogens is 358 g/mol. The summed E-state index contributed by atoms with van der Waals surface area (Å²) in [6.07, 6.45) is 3.42. The molecule has 1 aromatic carbocycles. The summed E-state index contributed by atoms with van der Waals surface area (Å²) in [6, 6.07) is 6.07. The smallest absolute Gasteiger partial charge is 0.211 e. The Labute approximate surface area is 156 Å². The zero-order valence-corrected chi connectivity index (χ0v) is 16.7. The van der Waals surface area contributed by atoms with Gasteiger partial charge in [0.15, 0.2) is 0 Å². The van der Waals surface area contributed by atoms with E-state index in [1.165, 1.54) is 17.5 Å². The summed E-state index contributed by atoms with van der Waals surface area (Å²) in [5.74, 6) is 0.447. The second kappa shape index (κ2) is 7.82. The highest BCUT2D eigenvalue weighted by molar-refractivity contribution is 7.88. The molecule has 0 aliphatic carbocycles. The van der Waals surface area contributed by atoms with E-state index in [1.807, 2.05) is 6.07 Å². The molecule has 0 amide bonds. The minimum Gasteiger partial charge on any atom is -0.369 e. The Morgan fingerprint density at radius 1 is 1.16 bits per heavy atom. The average molecular weight is 386 g/mol. The predicted molar refractivity (Wildman–Crippen MR) is 104 cm³/mol. The number of hydrogen-bond donors (Lipinski definition) is 0. The van der Waals surface area contributed by atoms with Crippen LogP contribution in [0.4, 0.5) is 5.69 Å². The lowest BCUT2D eigenvalue weighted by molar-refractivity contribution is 0.172. The van der Waals surface area contributed by atoms with Gasteiger partial charge in [-0.25, -0.2) is 12.7 Å². The first kappa shape index (κ1) is 19.0. The zero-order chi connectivity index (χ0) is 18.0. The van der Waals surface area contributed by atoms with E-state index in [-0.39, 0.29) is 0 Å². The third kappa shape index (κ3) is 4.88. The van der Waals surface area contributed by atoms with Gasteiger partial charge in [-0.1, -0.05) is 17.7 Å². The van der Waals surface area contributed by atoms with E-state index >= 15 is 0 Å². The molecule has 0 saturated carbocycles. The van der Waals surface area contributed by atoms with Crippen LogP contribution in [0.3, 0.4) is 0 Å². The van der Waals surface area contributed by atoms with E-state index in [2.05, 4.69) is 28.9 Å². The summed E-state index contributed by atoms with van der Waals surface area (Å²) in [5, 5.41) is 0.783. The fourth-order valence-corrected chi connectivity index (χ4v) is 5.05. The molecule has 2 aliphatic heterocycles. The van der Waals surface area contributed by atoms with Crippen LogP contribution in [0, 0.1) is 12.8 Å². The van der Waals surface area contributed by atoms with Crippen molar-refractivity contribution in [3.8, 4) is 0 Å². The van der Waals surface area contributed by atoms with E-state index in [1.54, 1.807) is 4.31 Å². The van der Waals surface area contributed by atoms with E-state index in [9.17, 15) is 8.42 Å². The van der Waals surface area contributed by atoms with Gasteiger partial charge in [0.25, 0.3) is 0 Å². The summed E-state index contributed by atoms with van der Waals surface area (Å²) in [4.78, 5) is 4.88. The number of anilines is 1. The van der Waals surface area contributed by atoms with Crippen molar-refractivity contribution < 1.29 is 8.42 Å². The minimum atomic E-state index is -3.06. The normalized spacial score (nSPS) is 23.8.